The lowest BCUT2D eigenvalue weighted by Crippen LogP contribution is -2.16. The van der Waals surface area contributed by atoms with Crippen LogP contribution in [-0.2, 0) is 10.0 Å². The van der Waals surface area contributed by atoms with E-state index in [2.05, 4.69) is 20.7 Å². The van der Waals surface area contributed by atoms with Crippen LogP contribution in [0.4, 0.5) is 11.4 Å². The summed E-state index contributed by atoms with van der Waals surface area (Å²) in [5.74, 6) is 0.431. The molecule has 0 aromatic heterocycles. The van der Waals surface area contributed by atoms with Crippen molar-refractivity contribution in [3.63, 3.8) is 0 Å². The van der Waals surface area contributed by atoms with Gasteiger partial charge in [0.25, 0.3) is 10.0 Å². The summed E-state index contributed by atoms with van der Waals surface area (Å²) in [6.07, 6.45) is 0. The van der Waals surface area contributed by atoms with Crippen LogP contribution in [-0.4, -0.2) is 15.5 Å². The SMILES string of the molecule is COc1cc(Br)cc(C)c1NS(=O)(=O)c1ccccc1N. The van der Waals surface area contributed by atoms with Crippen molar-refractivity contribution in [2.24, 2.45) is 0 Å². The first-order chi connectivity index (χ1) is 9.85. The van der Waals surface area contributed by atoms with E-state index in [4.69, 9.17) is 10.5 Å². The summed E-state index contributed by atoms with van der Waals surface area (Å²) < 4.78 is 33.5. The average molecular weight is 371 g/mol. The molecule has 2 aromatic rings. The van der Waals surface area contributed by atoms with Gasteiger partial charge in [-0.15, -0.1) is 0 Å². The predicted molar refractivity (Wildman–Crippen MR) is 87.1 cm³/mol. The Morgan fingerprint density at radius 1 is 1.24 bits per heavy atom. The highest BCUT2D eigenvalue weighted by atomic mass is 79.9. The molecule has 2 rings (SSSR count). The number of aryl methyl sites for hydroxylation is 1. The number of nitrogens with one attached hydrogen (secondary N) is 1. The van der Waals surface area contributed by atoms with E-state index in [0.29, 0.717) is 11.4 Å². The molecule has 0 aliphatic carbocycles. The van der Waals surface area contributed by atoms with Gasteiger partial charge in [0.1, 0.15) is 10.6 Å². The van der Waals surface area contributed by atoms with Crippen LogP contribution in [0.15, 0.2) is 45.8 Å². The summed E-state index contributed by atoms with van der Waals surface area (Å²) in [6, 6.07) is 9.79. The van der Waals surface area contributed by atoms with Crippen LogP contribution < -0.4 is 15.2 Å². The first-order valence-corrected chi connectivity index (χ1v) is 8.34. The summed E-state index contributed by atoms with van der Waals surface area (Å²) in [5.41, 5.74) is 7.06. The maximum atomic E-state index is 12.5. The van der Waals surface area contributed by atoms with Crippen molar-refractivity contribution in [2.45, 2.75) is 11.8 Å². The Bertz CT molecular complexity index is 776. The van der Waals surface area contributed by atoms with E-state index < -0.39 is 10.0 Å². The minimum atomic E-state index is -3.78. The van der Waals surface area contributed by atoms with E-state index in [1.54, 1.807) is 37.3 Å². The fourth-order valence-electron chi connectivity index (χ4n) is 1.92. The molecule has 7 heteroatoms. The number of hydrogen-bond acceptors (Lipinski definition) is 4. The Balaban J connectivity index is 2.50. The van der Waals surface area contributed by atoms with Crippen LogP contribution in [0.25, 0.3) is 0 Å². The second-order valence-corrected chi connectivity index (χ2v) is 7.01. The summed E-state index contributed by atoms with van der Waals surface area (Å²) >= 11 is 3.35. The number of nitrogens with two attached hydrogens (primary N) is 1. The van der Waals surface area contributed by atoms with Crippen molar-refractivity contribution in [1.29, 1.82) is 0 Å². The highest BCUT2D eigenvalue weighted by Crippen LogP contribution is 2.34. The third-order valence-corrected chi connectivity index (χ3v) is 4.81. The minimum Gasteiger partial charge on any atom is -0.495 e. The highest BCUT2D eigenvalue weighted by Gasteiger charge is 2.20. The van der Waals surface area contributed by atoms with Gasteiger partial charge in [-0.2, -0.15) is 0 Å². The molecule has 0 unspecified atom stereocenters. The predicted octanol–water partition coefficient (Wildman–Crippen LogP) is 3.15. The monoisotopic (exact) mass is 370 g/mol. The number of hydrogen-bond donors (Lipinski definition) is 2. The number of sulfonamides is 1. The van der Waals surface area contributed by atoms with Crippen LogP contribution >= 0.6 is 15.9 Å². The molecule has 0 spiro atoms. The zero-order valence-electron chi connectivity index (χ0n) is 11.6. The summed E-state index contributed by atoms with van der Waals surface area (Å²) in [7, 11) is -2.30. The Hall–Kier alpha value is -1.73. The molecule has 5 nitrogen and oxygen atoms in total. The van der Waals surface area contributed by atoms with Crippen LogP contribution in [0.2, 0.25) is 0 Å². The number of rotatable bonds is 4. The van der Waals surface area contributed by atoms with Crippen LogP contribution in [0.1, 0.15) is 5.56 Å². The highest BCUT2D eigenvalue weighted by molar-refractivity contribution is 9.10. The third kappa shape index (κ3) is 3.30. The summed E-state index contributed by atoms with van der Waals surface area (Å²) in [5, 5.41) is 0. The standard InChI is InChI=1S/C14H15BrN2O3S/c1-9-7-10(15)8-12(20-2)14(9)17-21(18,19)13-6-4-3-5-11(13)16/h3-8,17H,16H2,1-2H3. The lowest BCUT2D eigenvalue weighted by Gasteiger charge is -2.15. The number of para-hydroxylation sites is 1. The first-order valence-electron chi connectivity index (χ1n) is 6.06. The van der Waals surface area contributed by atoms with Crippen molar-refractivity contribution < 1.29 is 13.2 Å². The molecule has 0 saturated heterocycles. The zero-order valence-corrected chi connectivity index (χ0v) is 14.0. The lowest BCUT2D eigenvalue weighted by atomic mass is 10.2. The lowest BCUT2D eigenvalue weighted by molar-refractivity contribution is 0.416. The Morgan fingerprint density at radius 3 is 2.52 bits per heavy atom. The molecule has 0 aliphatic rings. The van der Waals surface area contributed by atoms with Gasteiger partial charge in [-0.3, -0.25) is 4.72 Å². The number of methoxy groups -OCH3 is 1. The van der Waals surface area contributed by atoms with E-state index in [1.165, 1.54) is 13.2 Å². The molecule has 0 heterocycles. The van der Waals surface area contributed by atoms with Crippen LogP contribution in [0.3, 0.4) is 0 Å². The molecule has 0 aliphatic heterocycles. The fraction of sp³-hybridized carbons (Fsp3) is 0.143. The van der Waals surface area contributed by atoms with Gasteiger partial charge >= 0.3 is 0 Å². The van der Waals surface area contributed by atoms with Crippen LogP contribution in [0.5, 0.6) is 5.75 Å². The largest absolute Gasteiger partial charge is 0.495 e. The topological polar surface area (TPSA) is 81.4 Å². The second kappa shape index (κ2) is 5.95. The van der Waals surface area contributed by atoms with Gasteiger partial charge < -0.3 is 10.5 Å². The van der Waals surface area contributed by atoms with Gasteiger partial charge in [0.15, 0.2) is 0 Å². The zero-order chi connectivity index (χ0) is 15.6. The van der Waals surface area contributed by atoms with E-state index >= 15 is 0 Å². The maximum Gasteiger partial charge on any atom is 0.264 e. The molecular weight excluding hydrogens is 356 g/mol. The summed E-state index contributed by atoms with van der Waals surface area (Å²) in [4.78, 5) is 0.0365. The van der Waals surface area contributed by atoms with Gasteiger partial charge in [0.05, 0.1) is 18.5 Å². The number of anilines is 2. The number of ether oxygens (including phenoxy) is 1. The molecule has 3 N–H and O–H groups in total. The van der Waals surface area contributed by atoms with Crippen molar-refractivity contribution >= 4 is 37.3 Å². The first kappa shape index (κ1) is 15.7. The molecule has 0 atom stereocenters. The minimum absolute atomic E-state index is 0.0365. The maximum absolute atomic E-state index is 12.5. The molecule has 0 bridgehead atoms. The molecular formula is C14H15BrN2O3S. The van der Waals surface area contributed by atoms with Gasteiger partial charge in [-0.25, -0.2) is 8.42 Å². The fourth-order valence-corrected chi connectivity index (χ4v) is 3.75. The Morgan fingerprint density at radius 2 is 1.90 bits per heavy atom. The summed E-state index contributed by atoms with van der Waals surface area (Å²) in [6.45, 7) is 1.79. The van der Waals surface area contributed by atoms with Gasteiger partial charge in [0, 0.05) is 4.47 Å². The van der Waals surface area contributed by atoms with E-state index in [9.17, 15) is 8.42 Å². The molecule has 0 amide bonds. The smallest absolute Gasteiger partial charge is 0.264 e. The molecule has 0 radical (unpaired) electrons. The average Bonchev–Trinajstić information content (AvgIpc) is 2.41. The van der Waals surface area contributed by atoms with Crippen molar-refractivity contribution in [3.8, 4) is 5.75 Å². The number of nitrogen functional groups attached to an aromatic ring is 1. The van der Waals surface area contributed by atoms with Gasteiger partial charge in [0.2, 0.25) is 0 Å². The van der Waals surface area contributed by atoms with Gasteiger partial charge in [-0.05, 0) is 36.8 Å². The van der Waals surface area contributed by atoms with E-state index in [1.807, 2.05) is 0 Å². The second-order valence-electron chi connectivity index (χ2n) is 4.44. The van der Waals surface area contributed by atoms with Crippen molar-refractivity contribution in [1.82, 2.24) is 0 Å². The normalized spacial score (nSPS) is 11.2. The van der Waals surface area contributed by atoms with Crippen LogP contribution in [0, 0.1) is 6.92 Å². The molecule has 0 fully saturated rings. The molecule has 112 valence electrons. The van der Waals surface area contributed by atoms with Gasteiger partial charge in [-0.1, -0.05) is 28.1 Å². The molecule has 0 saturated carbocycles. The quantitative estimate of drug-likeness (QED) is 0.809. The number of benzene rings is 2. The van der Waals surface area contributed by atoms with Crippen molar-refractivity contribution in [3.05, 3.63) is 46.4 Å². The Kier molecular flexibility index (Phi) is 4.43. The number of halogens is 1. The van der Waals surface area contributed by atoms with E-state index in [-0.39, 0.29) is 10.6 Å². The van der Waals surface area contributed by atoms with Crippen molar-refractivity contribution in [2.75, 3.05) is 17.6 Å². The molecule has 2 aromatic carbocycles. The Labute approximate surface area is 132 Å². The molecule has 21 heavy (non-hydrogen) atoms. The third-order valence-electron chi connectivity index (χ3n) is 2.93. The van der Waals surface area contributed by atoms with E-state index in [0.717, 1.165) is 10.0 Å².